The maximum atomic E-state index is 10.3. The van der Waals surface area contributed by atoms with Gasteiger partial charge in [0.15, 0.2) is 0 Å². The minimum atomic E-state index is -0.436. The van der Waals surface area contributed by atoms with E-state index in [0.29, 0.717) is 13.0 Å². The summed E-state index contributed by atoms with van der Waals surface area (Å²) >= 11 is 3.45. The molecule has 18 heavy (non-hydrogen) atoms. The molecule has 2 unspecified atom stereocenters. The average molecular weight is 314 g/mol. The van der Waals surface area contributed by atoms with Gasteiger partial charge in [-0.1, -0.05) is 35.0 Å². The minimum Gasteiger partial charge on any atom is -0.390 e. The van der Waals surface area contributed by atoms with Crippen molar-refractivity contribution in [3.8, 4) is 0 Å². The lowest BCUT2D eigenvalue weighted by atomic mass is 10.0. The molecule has 1 saturated heterocycles. The number of nitrogens with zero attached hydrogens (tertiary/aromatic N) is 1. The van der Waals surface area contributed by atoms with Crippen LogP contribution in [0.3, 0.4) is 0 Å². The molecule has 0 saturated carbocycles. The van der Waals surface area contributed by atoms with Crippen LogP contribution in [0.4, 0.5) is 0 Å². The van der Waals surface area contributed by atoms with E-state index in [0.717, 1.165) is 29.7 Å². The predicted molar refractivity (Wildman–Crippen MR) is 75.7 cm³/mol. The van der Waals surface area contributed by atoms with Crippen molar-refractivity contribution in [2.24, 2.45) is 0 Å². The number of likely N-dealkylation sites (N-methyl/N-ethyl adjacent to an activating group) is 1. The highest BCUT2D eigenvalue weighted by Crippen LogP contribution is 2.16. The first-order chi connectivity index (χ1) is 8.69. The molecule has 0 aliphatic carbocycles. The summed E-state index contributed by atoms with van der Waals surface area (Å²) in [5, 5.41) is 10.3. The van der Waals surface area contributed by atoms with E-state index in [4.69, 9.17) is 4.74 Å². The van der Waals surface area contributed by atoms with Crippen molar-refractivity contribution in [2.45, 2.75) is 25.6 Å². The summed E-state index contributed by atoms with van der Waals surface area (Å²) in [6, 6.07) is 8.07. The van der Waals surface area contributed by atoms with Crippen LogP contribution in [0, 0.1) is 0 Å². The van der Waals surface area contributed by atoms with Crippen molar-refractivity contribution in [1.82, 2.24) is 4.90 Å². The number of aliphatic hydroxyl groups is 1. The Morgan fingerprint density at radius 3 is 3.11 bits per heavy atom. The lowest BCUT2D eigenvalue weighted by molar-refractivity contribution is -0.0867. The molecule has 2 atom stereocenters. The van der Waals surface area contributed by atoms with Crippen molar-refractivity contribution in [3.63, 3.8) is 0 Å². The smallest absolute Gasteiger partial charge is 0.0964 e. The maximum absolute atomic E-state index is 10.3. The Balaban J connectivity index is 1.93. The van der Waals surface area contributed by atoms with Crippen LogP contribution in [-0.2, 0) is 11.2 Å². The van der Waals surface area contributed by atoms with Gasteiger partial charge < -0.3 is 9.84 Å². The van der Waals surface area contributed by atoms with Gasteiger partial charge in [0, 0.05) is 24.0 Å². The van der Waals surface area contributed by atoms with Gasteiger partial charge in [-0.25, -0.2) is 0 Å². The monoisotopic (exact) mass is 313 g/mol. The third-order valence-electron chi connectivity index (χ3n) is 3.39. The maximum Gasteiger partial charge on any atom is 0.0964 e. The normalized spacial score (nSPS) is 22.9. The average Bonchev–Trinajstić information content (AvgIpc) is 2.39. The summed E-state index contributed by atoms with van der Waals surface area (Å²) in [6.07, 6.45) is 0.133. The fourth-order valence-electron chi connectivity index (χ4n) is 2.29. The summed E-state index contributed by atoms with van der Waals surface area (Å²) in [4.78, 5) is 2.32. The number of hydrogen-bond acceptors (Lipinski definition) is 3. The molecule has 4 heteroatoms. The van der Waals surface area contributed by atoms with Gasteiger partial charge in [0.1, 0.15) is 0 Å². The zero-order valence-corrected chi connectivity index (χ0v) is 12.3. The van der Waals surface area contributed by atoms with E-state index in [1.807, 2.05) is 24.3 Å². The van der Waals surface area contributed by atoms with Crippen molar-refractivity contribution in [2.75, 3.05) is 26.2 Å². The van der Waals surface area contributed by atoms with Crippen molar-refractivity contribution in [3.05, 3.63) is 34.3 Å². The predicted octanol–water partition coefficient (Wildman–Crippen LogP) is 2.07. The van der Waals surface area contributed by atoms with Gasteiger partial charge in [-0.3, -0.25) is 4.90 Å². The quantitative estimate of drug-likeness (QED) is 0.923. The molecule has 3 nitrogen and oxygen atoms in total. The zero-order chi connectivity index (χ0) is 13.0. The standard InChI is InChI=1S/C14H20BrNO2/c1-2-16-6-7-18-14(10-16)13(17)9-11-4-3-5-12(15)8-11/h3-5,8,13-14,17H,2,6-7,9-10H2,1H3. The highest BCUT2D eigenvalue weighted by molar-refractivity contribution is 9.10. The number of ether oxygens (including phenoxy) is 1. The molecular weight excluding hydrogens is 294 g/mol. The van der Waals surface area contributed by atoms with E-state index in [-0.39, 0.29) is 6.10 Å². The van der Waals surface area contributed by atoms with Gasteiger partial charge in [-0.05, 0) is 24.2 Å². The second-order valence-electron chi connectivity index (χ2n) is 4.70. The summed E-state index contributed by atoms with van der Waals surface area (Å²) in [6.45, 7) is 5.67. The van der Waals surface area contributed by atoms with Gasteiger partial charge >= 0.3 is 0 Å². The third kappa shape index (κ3) is 3.79. The van der Waals surface area contributed by atoms with Crippen molar-refractivity contribution < 1.29 is 9.84 Å². The number of hydrogen-bond donors (Lipinski definition) is 1. The van der Waals surface area contributed by atoms with Gasteiger partial charge in [-0.15, -0.1) is 0 Å². The molecule has 1 aliphatic rings. The van der Waals surface area contributed by atoms with E-state index in [1.165, 1.54) is 0 Å². The molecule has 0 aromatic heterocycles. The second kappa shape index (κ2) is 6.66. The van der Waals surface area contributed by atoms with Crippen LogP contribution in [0.1, 0.15) is 12.5 Å². The van der Waals surface area contributed by atoms with E-state index in [9.17, 15) is 5.11 Å². The van der Waals surface area contributed by atoms with Gasteiger partial charge in [0.05, 0.1) is 18.8 Å². The Kier molecular flexibility index (Phi) is 5.18. The summed E-state index contributed by atoms with van der Waals surface area (Å²) in [5.74, 6) is 0. The lowest BCUT2D eigenvalue weighted by Crippen LogP contribution is -2.48. The SMILES string of the molecule is CCN1CCOC(C(O)Cc2cccc(Br)c2)C1. The zero-order valence-electron chi connectivity index (χ0n) is 10.7. The molecule has 2 rings (SSSR count). The van der Waals surface area contributed by atoms with Crippen LogP contribution in [0.15, 0.2) is 28.7 Å². The van der Waals surface area contributed by atoms with Crippen molar-refractivity contribution in [1.29, 1.82) is 0 Å². The fourth-order valence-corrected chi connectivity index (χ4v) is 2.74. The van der Waals surface area contributed by atoms with Crippen LogP contribution in [0.2, 0.25) is 0 Å². The number of benzene rings is 1. The first-order valence-electron chi connectivity index (χ1n) is 6.45. The lowest BCUT2D eigenvalue weighted by Gasteiger charge is -2.34. The van der Waals surface area contributed by atoms with Crippen LogP contribution in [0.5, 0.6) is 0 Å². The third-order valence-corrected chi connectivity index (χ3v) is 3.88. The van der Waals surface area contributed by atoms with Crippen molar-refractivity contribution >= 4 is 15.9 Å². The van der Waals surface area contributed by atoms with Crippen LogP contribution in [0.25, 0.3) is 0 Å². The molecule has 1 heterocycles. The molecule has 0 bridgehead atoms. The number of halogens is 1. The molecule has 0 radical (unpaired) electrons. The highest BCUT2D eigenvalue weighted by Gasteiger charge is 2.26. The molecule has 100 valence electrons. The first kappa shape index (κ1) is 14.0. The second-order valence-corrected chi connectivity index (χ2v) is 5.62. The molecule has 1 N–H and O–H groups in total. The van der Waals surface area contributed by atoms with E-state index in [2.05, 4.69) is 27.8 Å². The molecule has 1 aliphatic heterocycles. The Morgan fingerprint density at radius 2 is 2.39 bits per heavy atom. The Morgan fingerprint density at radius 1 is 1.56 bits per heavy atom. The summed E-state index contributed by atoms with van der Waals surface area (Å²) in [5.41, 5.74) is 1.13. The number of aliphatic hydroxyl groups excluding tert-OH is 1. The molecule has 1 aromatic rings. The summed E-state index contributed by atoms with van der Waals surface area (Å²) in [7, 11) is 0. The largest absolute Gasteiger partial charge is 0.390 e. The van der Waals surface area contributed by atoms with E-state index < -0.39 is 6.10 Å². The molecule has 1 aromatic carbocycles. The Bertz CT molecular complexity index is 386. The molecule has 1 fully saturated rings. The van der Waals surface area contributed by atoms with Crippen LogP contribution < -0.4 is 0 Å². The van der Waals surface area contributed by atoms with Gasteiger partial charge in [0.25, 0.3) is 0 Å². The van der Waals surface area contributed by atoms with E-state index in [1.54, 1.807) is 0 Å². The van der Waals surface area contributed by atoms with Gasteiger partial charge in [-0.2, -0.15) is 0 Å². The molecule has 0 amide bonds. The van der Waals surface area contributed by atoms with Crippen LogP contribution >= 0.6 is 15.9 Å². The topological polar surface area (TPSA) is 32.7 Å². The molecule has 0 spiro atoms. The number of morpholine rings is 1. The summed E-state index contributed by atoms with van der Waals surface area (Å²) < 4.78 is 6.72. The van der Waals surface area contributed by atoms with Crippen LogP contribution in [-0.4, -0.2) is 48.5 Å². The number of rotatable bonds is 4. The minimum absolute atomic E-state index is 0.0716. The van der Waals surface area contributed by atoms with Gasteiger partial charge in [0.2, 0.25) is 0 Å². The fraction of sp³-hybridized carbons (Fsp3) is 0.571. The Hall–Kier alpha value is -0.420. The first-order valence-corrected chi connectivity index (χ1v) is 7.25. The molecular formula is C14H20BrNO2. The van der Waals surface area contributed by atoms with E-state index >= 15 is 0 Å². The highest BCUT2D eigenvalue weighted by atomic mass is 79.9. The Labute approximate surface area is 117 Å².